The van der Waals surface area contributed by atoms with Crippen LogP contribution in [-0.2, 0) is 0 Å². The summed E-state index contributed by atoms with van der Waals surface area (Å²) in [6, 6.07) is 6.77. The third-order valence-electron chi connectivity index (χ3n) is 3.81. The van der Waals surface area contributed by atoms with E-state index in [1.54, 1.807) is 24.3 Å². The SMILES string of the molecule is [C-]#[N+]C1(C)CC(N2C(=O)c3ccccc3C2=O)C1. The number of fused-ring (bicyclic) bond motifs is 1. The van der Waals surface area contributed by atoms with Crippen molar-refractivity contribution < 1.29 is 9.59 Å². The fourth-order valence-corrected chi connectivity index (χ4v) is 2.77. The van der Waals surface area contributed by atoms with Crippen LogP contribution in [0, 0.1) is 6.57 Å². The van der Waals surface area contributed by atoms with Gasteiger partial charge < -0.3 is 4.85 Å². The lowest BCUT2D eigenvalue weighted by molar-refractivity contribution is 0.0434. The molecule has 2 amide bonds. The molecule has 2 aliphatic rings. The molecule has 0 saturated heterocycles. The minimum Gasteiger partial charge on any atom is -0.311 e. The number of carbonyl (C=O) groups is 2. The van der Waals surface area contributed by atoms with Crippen molar-refractivity contribution in [1.29, 1.82) is 0 Å². The summed E-state index contributed by atoms with van der Waals surface area (Å²) in [5, 5.41) is 0. The zero-order valence-electron chi connectivity index (χ0n) is 10.0. The summed E-state index contributed by atoms with van der Waals surface area (Å²) in [4.78, 5) is 29.2. The first-order valence-electron chi connectivity index (χ1n) is 5.91. The monoisotopic (exact) mass is 240 g/mol. The standard InChI is InChI=1S/C14H12N2O2/c1-14(15-2)7-9(8-14)16-12(17)10-5-3-4-6-11(10)13(16)18/h3-6,9H,7-8H2,1H3. The molecule has 0 bridgehead atoms. The second kappa shape index (κ2) is 3.42. The van der Waals surface area contributed by atoms with Crippen molar-refractivity contribution in [1.82, 2.24) is 4.90 Å². The van der Waals surface area contributed by atoms with Crippen LogP contribution >= 0.6 is 0 Å². The van der Waals surface area contributed by atoms with Crippen LogP contribution < -0.4 is 0 Å². The van der Waals surface area contributed by atoms with E-state index in [-0.39, 0.29) is 17.9 Å². The van der Waals surface area contributed by atoms with Gasteiger partial charge >= 0.3 is 0 Å². The molecule has 1 aromatic rings. The van der Waals surface area contributed by atoms with Crippen LogP contribution in [0.25, 0.3) is 4.85 Å². The topological polar surface area (TPSA) is 41.7 Å². The molecule has 0 N–H and O–H groups in total. The van der Waals surface area contributed by atoms with Crippen molar-refractivity contribution in [2.45, 2.75) is 31.3 Å². The fraction of sp³-hybridized carbons (Fsp3) is 0.357. The Morgan fingerprint density at radius 3 is 2.17 bits per heavy atom. The Bertz CT molecular complexity index is 559. The van der Waals surface area contributed by atoms with Gasteiger partial charge in [0.05, 0.1) is 17.2 Å². The van der Waals surface area contributed by atoms with Crippen LogP contribution in [0.15, 0.2) is 24.3 Å². The zero-order valence-corrected chi connectivity index (χ0v) is 10.0. The fourth-order valence-electron chi connectivity index (χ4n) is 2.77. The molecule has 0 spiro atoms. The van der Waals surface area contributed by atoms with Gasteiger partial charge in [-0.3, -0.25) is 14.5 Å². The minimum absolute atomic E-state index is 0.114. The number of benzene rings is 1. The van der Waals surface area contributed by atoms with Crippen LogP contribution in [0.5, 0.6) is 0 Å². The van der Waals surface area contributed by atoms with Gasteiger partial charge in [-0.2, -0.15) is 0 Å². The van der Waals surface area contributed by atoms with E-state index in [1.807, 2.05) is 6.92 Å². The van der Waals surface area contributed by atoms with Crippen molar-refractivity contribution in [3.8, 4) is 0 Å². The highest BCUT2D eigenvalue weighted by atomic mass is 16.2. The Hall–Kier alpha value is -2.15. The molecule has 90 valence electrons. The van der Waals surface area contributed by atoms with Gasteiger partial charge in [0.2, 0.25) is 5.54 Å². The quantitative estimate of drug-likeness (QED) is 0.557. The van der Waals surface area contributed by atoms with E-state index in [0.717, 1.165) is 0 Å². The number of imide groups is 1. The lowest BCUT2D eigenvalue weighted by Crippen LogP contribution is -2.54. The average Bonchev–Trinajstić information content (AvgIpc) is 2.59. The molecular formula is C14H12N2O2. The normalized spacial score (nSPS) is 29.8. The highest BCUT2D eigenvalue weighted by Crippen LogP contribution is 2.41. The van der Waals surface area contributed by atoms with Gasteiger partial charge in [-0.25, -0.2) is 6.57 Å². The minimum atomic E-state index is -0.403. The molecular weight excluding hydrogens is 228 g/mol. The molecule has 4 heteroatoms. The van der Waals surface area contributed by atoms with Crippen molar-refractivity contribution in [2.75, 3.05) is 0 Å². The van der Waals surface area contributed by atoms with E-state index in [1.165, 1.54) is 4.90 Å². The number of rotatable bonds is 1. The summed E-state index contributed by atoms with van der Waals surface area (Å²) in [6.07, 6.45) is 1.17. The van der Waals surface area contributed by atoms with Crippen molar-refractivity contribution in [2.24, 2.45) is 0 Å². The van der Waals surface area contributed by atoms with Crippen LogP contribution in [0.4, 0.5) is 0 Å². The molecule has 0 radical (unpaired) electrons. The number of amides is 2. The Balaban J connectivity index is 1.89. The highest BCUT2D eigenvalue weighted by Gasteiger charge is 2.53. The molecule has 1 heterocycles. The molecule has 1 aliphatic carbocycles. The third kappa shape index (κ3) is 1.31. The highest BCUT2D eigenvalue weighted by molar-refractivity contribution is 6.21. The van der Waals surface area contributed by atoms with Crippen molar-refractivity contribution in [3.63, 3.8) is 0 Å². The zero-order chi connectivity index (χ0) is 12.9. The van der Waals surface area contributed by atoms with Crippen LogP contribution in [-0.4, -0.2) is 28.3 Å². The number of hydrogen-bond acceptors (Lipinski definition) is 2. The maximum absolute atomic E-state index is 12.2. The molecule has 1 fully saturated rings. The van der Waals surface area contributed by atoms with Gasteiger partial charge in [-0.15, -0.1) is 0 Å². The molecule has 4 nitrogen and oxygen atoms in total. The summed E-state index contributed by atoms with van der Waals surface area (Å²) in [6.45, 7) is 8.95. The Labute approximate surface area is 105 Å². The van der Waals surface area contributed by atoms with E-state index in [2.05, 4.69) is 4.85 Å². The van der Waals surface area contributed by atoms with Crippen LogP contribution in [0.3, 0.4) is 0 Å². The van der Waals surface area contributed by atoms with Gasteiger partial charge in [0.25, 0.3) is 11.8 Å². The van der Waals surface area contributed by atoms with E-state index in [9.17, 15) is 9.59 Å². The number of hydrogen-bond donors (Lipinski definition) is 0. The second-order valence-corrected chi connectivity index (χ2v) is 5.20. The maximum atomic E-state index is 12.2. The predicted molar refractivity (Wildman–Crippen MR) is 65.0 cm³/mol. The number of nitrogens with zero attached hydrogens (tertiary/aromatic N) is 2. The molecule has 0 aromatic heterocycles. The summed E-state index contributed by atoms with van der Waals surface area (Å²) in [5.41, 5.74) is 0.567. The summed E-state index contributed by atoms with van der Waals surface area (Å²) in [7, 11) is 0. The van der Waals surface area contributed by atoms with Crippen molar-refractivity contribution in [3.05, 3.63) is 46.8 Å². The maximum Gasteiger partial charge on any atom is 0.261 e. The Kier molecular flexibility index (Phi) is 2.09. The van der Waals surface area contributed by atoms with Gasteiger partial charge in [-0.05, 0) is 12.1 Å². The summed E-state index contributed by atoms with van der Waals surface area (Å²) >= 11 is 0. The van der Waals surface area contributed by atoms with Gasteiger partial charge in [0, 0.05) is 19.8 Å². The smallest absolute Gasteiger partial charge is 0.261 e. The first kappa shape index (κ1) is 11.0. The largest absolute Gasteiger partial charge is 0.311 e. The van der Waals surface area contributed by atoms with Gasteiger partial charge in [0.15, 0.2) is 0 Å². The molecule has 18 heavy (non-hydrogen) atoms. The lowest BCUT2D eigenvalue weighted by atomic mass is 9.74. The Morgan fingerprint density at radius 2 is 1.72 bits per heavy atom. The van der Waals surface area contributed by atoms with Crippen LogP contribution in [0.1, 0.15) is 40.5 Å². The van der Waals surface area contributed by atoms with E-state index < -0.39 is 5.54 Å². The first-order valence-corrected chi connectivity index (χ1v) is 5.91. The van der Waals surface area contributed by atoms with Crippen molar-refractivity contribution >= 4 is 11.8 Å². The first-order chi connectivity index (χ1) is 8.56. The second-order valence-electron chi connectivity index (χ2n) is 5.20. The van der Waals surface area contributed by atoms with Gasteiger partial charge in [0.1, 0.15) is 0 Å². The molecule has 1 aliphatic heterocycles. The lowest BCUT2D eigenvalue weighted by Gasteiger charge is -2.39. The van der Waals surface area contributed by atoms with Gasteiger partial charge in [-0.1, -0.05) is 12.1 Å². The molecule has 1 aromatic carbocycles. The molecule has 3 rings (SSSR count). The predicted octanol–water partition coefficient (Wildman–Crippen LogP) is 2.12. The molecule has 0 unspecified atom stereocenters. The summed E-state index contributed by atoms with van der Waals surface area (Å²) in [5.74, 6) is -0.430. The average molecular weight is 240 g/mol. The van der Waals surface area contributed by atoms with Crippen LogP contribution in [0.2, 0.25) is 0 Å². The van der Waals surface area contributed by atoms with E-state index >= 15 is 0 Å². The van der Waals surface area contributed by atoms with E-state index in [0.29, 0.717) is 24.0 Å². The van der Waals surface area contributed by atoms with E-state index in [4.69, 9.17) is 6.57 Å². The molecule has 0 atom stereocenters. The summed E-state index contributed by atoms with van der Waals surface area (Å²) < 4.78 is 0. The third-order valence-corrected chi connectivity index (χ3v) is 3.81. The Morgan fingerprint density at radius 1 is 1.22 bits per heavy atom. The number of carbonyl (C=O) groups excluding carboxylic acids is 2. The molecule has 1 saturated carbocycles.